The molecule has 0 spiro atoms. The minimum atomic E-state index is -0.324. The van der Waals surface area contributed by atoms with Gasteiger partial charge in [0.2, 0.25) is 0 Å². The lowest BCUT2D eigenvalue weighted by Gasteiger charge is -2.22. The molecule has 0 radical (unpaired) electrons. The van der Waals surface area contributed by atoms with Gasteiger partial charge in [0.1, 0.15) is 5.82 Å². The molecule has 9 heteroatoms. The highest BCUT2D eigenvalue weighted by Crippen LogP contribution is 2.34. The van der Waals surface area contributed by atoms with Gasteiger partial charge in [0.05, 0.1) is 22.4 Å². The molecule has 0 saturated carbocycles. The van der Waals surface area contributed by atoms with E-state index in [1.807, 2.05) is 24.4 Å². The second-order valence-electron chi connectivity index (χ2n) is 6.72. The number of aryl methyl sites for hydroxylation is 1. The molecule has 0 bridgehead atoms. The van der Waals surface area contributed by atoms with Gasteiger partial charge in [-0.2, -0.15) is 5.10 Å². The molecule has 1 N–H and O–H groups in total. The second-order valence-corrected chi connectivity index (χ2v) is 8.63. The van der Waals surface area contributed by atoms with Crippen molar-refractivity contribution >= 4 is 34.7 Å². The van der Waals surface area contributed by atoms with Crippen LogP contribution in [0.2, 0.25) is 0 Å². The lowest BCUT2D eigenvalue weighted by atomic mass is 10.0. The molecule has 0 fully saturated rings. The Hall–Kier alpha value is -2.78. The molecule has 0 saturated heterocycles. The number of hydrogen-bond donors (Lipinski definition) is 1. The summed E-state index contributed by atoms with van der Waals surface area (Å²) >= 11 is 2.74. The quantitative estimate of drug-likeness (QED) is 0.462. The molecular weight excluding hydrogens is 423 g/mol. The molecular formula is C21H19FN4O2S2. The first-order valence-electron chi connectivity index (χ1n) is 9.45. The van der Waals surface area contributed by atoms with Crippen LogP contribution in [-0.2, 0) is 11.2 Å². The zero-order chi connectivity index (χ0) is 21.1. The molecule has 1 unspecified atom stereocenters. The maximum atomic E-state index is 13.4. The molecule has 4 rings (SSSR count). The molecule has 0 aliphatic carbocycles. The van der Waals surface area contributed by atoms with Gasteiger partial charge in [-0.25, -0.2) is 14.4 Å². The number of aromatic nitrogens is 2. The molecule has 6 nitrogen and oxygen atoms in total. The van der Waals surface area contributed by atoms with Crippen molar-refractivity contribution < 1.29 is 9.18 Å². The summed E-state index contributed by atoms with van der Waals surface area (Å²) in [6.07, 6.45) is 1.20. The van der Waals surface area contributed by atoms with Gasteiger partial charge in [-0.3, -0.25) is 9.59 Å². The Bertz CT molecular complexity index is 1130. The zero-order valence-electron chi connectivity index (χ0n) is 16.2. The number of carbonyl (C=O) groups excluding carboxylic acids is 1. The Labute approximate surface area is 180 Å². The fourth-order valence-electron chi connectivity index (χ4n) is 3.21. The number of amides is 1. The summed E-state index contributed by atoms with van der Waals surface area (Å²) in [5.74, 6) is -0.449. The summed E-state index contributed by atoms with van der Waals surface area (Å²) in [6, 6.07) is 11.2. The summed E-state index contributed by atoms with van der Waals surface area (Å²) < 4.78 is 13.4. The molecule has 2 aromatic heterocycles. The van der Waals surface area contributed by atoms with Crippen LogP contribution in [-0.4, -0.2) is 32.3 Å². The number of carbonyl (C=O) groups is 1. The van der Waals surface area contributed by atoms with Crippen LogP contribution >= 0.6 is 23.1 Å². The molecule has 1 aliphatic heterocycles. The van der Waals surface area contributed by atoms with Crippen molar-refractivity contribution in [2.45, 2.75) is 31.0 Å². The van der Waals surface area contributed by atoms with E-state index in [-0.39, 0.29) is 29.1 Å². The SMILES string of the molecule is CCc1cc(=O)[nH]c(SCC(=O)N2N=C(c3cccs3)CC2c2ccc(F)cc2)n1. The minimum absolute atomic E-state index is 0.0784. The molecule has 1 amide bonds. The minimum Gasteiger partial charge on any atom is -0.301 e. The summed E-state index contributed by atoms with van der Waals surface area (Å²) in [6.45, 7) is 1.92. The van der Waals surface area contributed by atoms with Crippen molar-refractivity contribution in [1.82, 2.24) is 15.0 Å². The summed E-state index contributed by atoms with van der Waals surface area (Å²) in [5.41, 5.74) is 2.10. The monoisotopic (exact) mass is 442 g/mol. The van der Waals surface area contributed by atoms with E-state index in [1.165, 1.54) is 35.0 Å². The van der Waals surface area contributed by atoms with Crippen molar-refractivity contribution in [2.24, 2.45) is 5.10 Å². The van der Waals surface area contributed by atoms with Crippen LogP contribution in [0.15, 0.2) is 62.9 Å². The number of halogens is 1. The first-order valence-corrected chi connectivity index (χ1v) is 11.3. The summed E-state index contributed by atoms with van der Waals surface area (Å²) in [7, 11) is 0. The number of nitrogens with one attached hydrogen (secondary N) is 1. The van der Waals surface area contributed by atoms with Gasteiger partial charge in [0.15, 0.2) is 5.16 Å². The van der Waals surface area contributed by atoms with Crippen LogP contribution in [0.1, 0.15) is 35.5 Å². The van der Waals surface area contributed by atoms with Crippen molar-refractivity contribution in [3.63, 3.8) is 0 Å². The Morgan fingerprint density at radius 1 is 1.33 bits per heavy atom. The smallest absolute Gasteiger partial charge is 0.253 e. The highest BCUT2D eigenvalue weighted by atomic mass is 32.2. The van der Waals surface area contributed by atoms with E-state index < -0.39 is 0 Å². The molecule has 1 aliphatic rings. The molecule has 154 valence electrons. The summed E-state index contributed by atoms with van der Waals surface area (Å²) in [4.78, 5) is 32.8. The van der Waals surface area contributed by atoms with Crippen molar-refractivity contribution in [2.75, 3.05) is 5.75 Å². The number of aromatic amines is 1. The largest absolute Gasteiger partial charge is 0.301 e. The van der Waals surface area contributed by atoms with E-state index in [0.717, 1.165) is 16.2 Å². The third kappa shape index (κ3) is 4.52. The number of rotatable bonds is 6. The number of H-pyrrole nitrogens is 1. The van der Waals surface area contributed by atoms with Gasteiger partial charge in [-0.1, -0.05) is 36.9 Å². The molecule has 1 aromatic carbocycles. The Morgan fingerprint density at radius 2 is 2.13 bits per heavy atom. The van der Waals surface area contributed by atoms with Crippen molar-refractivity contribution in [1.29, 1.82) is 0 Å². The predicted molar refractivity (Wildman–Crippen MR) is 116 cm³/mol. The van der Waals surface area contributed by atoms with Crippen LogP contribution in [0.3, 0.4) is 0 Å². The maximum Gasteiger partial charge on any atom is 0.253 e. The Kier molecular flexibility index (Phi) is 6.10. The maximum absolute atomic E-state index is 13.4. The highest BCUT2D eigenvalue weighted by Gasteiger charge is 2.33. The first kappa shape index (κ1) is 20.5. The Morgan fingerprint density at radius 3 is 2.83 bits per heavy atom. The van der Waals surface area contributed by atoms with E-state index in [0.29, 0.717) is 23.7 Å². The highest BCUT2D eigenvalue weighted by molar-refractivity contribution is 7.99. The van der Waals surface area contributed by atoms with Gasteiger partial charge in [-0.15, -0.1) is 11.3 Å². The average Bonchev–Trinajstić information content (AvgIpc) is 3.42. The standard InChI is InChI=1S/C21H19FN4O2S2/c1-2-15-10-19(27)24-21(23-15)30-12-20(28)26-17(13-5-7-14(22)8-6-13)11-16(25-26)18-4-3-9-29-18/h3-10,17H,2,11-12H2,1H3,(H,23,24,27). The van der Waals surface area contributed by atoms with Gasteiger partial charge in [0.25, 0.3) is 11.5 Å². The van der Waals surface area contributed by atoms with Crippen LogP contribution in [0.5, 0.6) is 0 Å². The normalized spacial score (nSPS) is 16.0. The number of benzene rings is 1. The van der Waals surface area contributed by atoms with E-state index >= 15 is 0 Å². The fraction of sp³-hybridized carbons (Fsp3) is 0.238. The molecule has 3 heterocycles. The number of thiophene rings is 1. The third-order valence-electron chi connectivity index (χ3n) is 4.69. The van der Waals surface area contributed by atoms with E-state index in [4.69, 9.17) is 0 Å². The third-order valence-corrected chi connectivity index (χ3v) is 6.47. The van der Waals surface area contributed by atoms with Crippen molar-refractivity contribution in [3.05, 3.63) is 80.2 Å². The number of nitrogens with zero attached hydrogens (tertiary/aromatic N) is 3. The summed E-state index contributed by atoms with van der Waals surface area (Å²) in [5, 5.41) is 8.43. The lowest BCUT2D eigenvalue weighted by molar-refractivity contribution is -0.130. The van der Waals surface area contributed by atoms with E-state index in [2.05, 4.69) is 15.1 Å². The van der Waals surface area contributed by atoms with Gasteiger partial charge < -0.3 is 4.98 Å². The lowest BCUT2D eigenvalue weighted by Crippen LogP contribution is -2.28. The van der Waals surface area contributed by atoms with Crippen molar-refractivity contribution in [3.8, 4) is 0 Å². The van der Waals surface area contributed by atoms with Crippen LogP contribution in [0, 0.1) is 5.82 Å². The second kappa shape index (κ2) is 8.93. The van der Waals surface area contributed by atoms with Crippen LogP contribution in [0.4, 0.5) is 4.39 Å². The zero-order valence-corrected chi connectivity index (χ0v) is 17.8. The topological polar surface area (TPSA) is 78.4 Å². The molecule has 30 heavy (non-hydrogen) atoms. The van der Waals surface area contributed by atoms with Gasteiger partial charge in [-0.05, 0) is 35.6 Å². The molecule has 3 aromatic rings. The predicted octanol–water partition coefficient (Wildman–Crippen LogP) is 4.00. The first-order chi connectivity index (χ1) is 14.5. The number of thioether (sulfide) groups is 1. The van der Waals surface area contributed by atoms with Crippen LogP contribution in [0.25, 0.3) is 0 Å². The number of hydrazone groups is 1. The fourth-order valence-corrected chi connectivity index (χ4v) is 4.67. The van der Waals surface area contributed by atoms with E-state index in [1.54, 1.807) is 23.5 Å². The number of hydrogen-bond acceptors (Lipinski definition) is 6. The van der Waals surface area contributed by atoms with Crippen LogP contribution < -0.4 is 5.56 Å². The van der Waals surface area contributed by atoms with Gasteiger partial charge >= 0.3 is 0 Å². The average molecular weight is 443 g/mol. The van der Waals surface area contributed by atoms with Gasteiger partial charge in [0, 0.05) is 18.2 Å². The molecule has 1 atom stereocenters. The van der Waals surface area contributed by atoms with E-state index in [9.17, 15) is 14.0 Å². The Balaban J connectivity index is 1.56.